The SMILES string of the molecule is C=C/C=C(\C=N/n1c2ccccc2c2c1ccc1c3ccccc3n(-c3ccccc3)c12)c1nc(-c2ccccc2)nc(-c2ccc(-c3ccccc3)cc2)n1. The van der Waals surface area contributed by atoms with Crippen molar-refractivity contribution in [2.75, 3.05) is 0 Å². The van der Waals surface area contributed by atoms with E-state index >= 15 is 0 Å². The fourth-order valence-electron chi connectivity index (χ4n) is 7.67. The zero-order valence-corrected chi connectivity index (χ0v) is 30.4. The topological polar surface area (TPSA) is 60.9 Å². The maximum absolute atomic E-state index is 5.20. The standard InChI is InChI=1S/C50H34N6/c1-2-16-38(50-53-48(36-19-8-4-9-20-36)52-49(54-50)37-29-27-35(28-30-37)34-17-6-3-7-18-34)33-51-56-44-26-15-13-24-42(44)46-45(56)32-31-41-40-23-12-14-25-43(40)55(47(41)46)39-21-10-5-11-22-39/h2-33H,1H2/b38-16+,51-33-. The number of fused-ring (bicyclic) bond motifs is 7. The minimum Gasteiger partial charge on any atom is -0.309 e. The van der Waals surface area contributed by atoms with Crippen LogP contribution < -0.4 is 0 Å². The number of aromatic nitrogens is 5. The average molecular weight is 719 g/mol. The van der Waals surface area contributed by atoms with Crippen LogP contribution in [-0.4, -0.2) is 30.4 Å². The fraction of sp³-hybridized carbons (Fsp3) is 0. The molecule has 3 aromatic heterocycles. The molecule has 0 fully saturated rings. The van der Waals surface area contributed by atoms with Gasteiger partial charge >= 0.3 is 0 Å². The summed E-state index contributed by atoms with van der Waals surface area (Å²) in [5.41, 5.74) is 10.2. The van der Waals surface area contributed by atoms with Crippen LogP contribution in [0, 0.1) is 0 Å². The summed E-state index contributed by atoms with van der Waals surface area (Å²) in [6, 6.07) is 60.7. The van der Waals surface area contributed by atoms with Gasteiger partial charge in [0.25, 0.3) is 0 Å². The summed E-state index contributed by atoms with van der Waals surface area (Å²) in [6.07, 6.45) is 5.47. The minimum atomic E-state index is 0.497. The van der Waals surface area contributed by atoms with Gasteiger partial charge in [-0.2, -0.15) is 5.10 Å². The molecule has 264 valence electrons. The van der Waals surface area contributed by atoms with Crippen molar-refractivity contribution < 1.29 is 0 Å². The molecule has 6 heteroatoms. The van der Waals surface area contributed by atoms with Gasteiger partial charge in [0.2, 0.25) is 0 Å². The minimum absolute atomic E-state index is 0.497. The van der Waals surface area contributed by atoms with Crippen LogP contribution >= 0.6 is 0 Å². The van der Waals surface area contributed by atoms with E-state index in [2.05, 4.69) is 139 Å². The highest BCUT2D eigenvalue weighted by Gasteiger charge is 2.20. The number of para-hydroxylation sites is 3. The van der Waals surface area contributed by atoms with Crippen molar-refractivity contribution in [3.63, 3.8) is 0 Å². The molecule has 0 amide bonds. The molecular formula is C50H34N6. The van der Waals surface area contributed by atoms with Crippen molar-refractivity contribution in [1.29, 1.82) is 0 Å². The highest BCUT2D eigenvalue weighted by atomic mass is 15.3. The predicted octanol–water partition coefficient (Wildman–Crippen LogP) is 12.2. The van der Waals surface area contributed by atoms with E-state index in [0.717, 1.165) is 60.8 Å². The molecule has 0 aliphatic heterocycles. The Balaban J connectivity index is 1.14. The van der Waals surface area contributed by atoms with Gasteiger partial charge in [-0.1, -0.05) is 158 Å². The molecule has 0 unspecified atom stereocenters. The first-order chi connectivity index (χ1) is 27.7. The van der Waals surface area contributed by atoms with Gasteiger partial charge in [0.15, 0.2) is 17.5 Å². The molecule has 10 rings (SSSR count). The molecule has 56 heavy (non-hydrogen) atoms. The summed E-state index contributed by atoms with van der Waals surface area (Å²) in [5.74, 6) is 1.65. The molecule has 0 saturated carbocycles. The van der Waals surface area contributed by atoms with Gasteiger partial charge in [0.05, 0.1) is 28.3 Å². The lowest BCUT2D eigenvalue weighted by molar-refractivity contribution is 0.975. The summed E-state index contributed by atoms with van der Waals surface area (Å²) < 4.78 is 4.40. The van der Waals surface area contributed by atoms with E-state index in [-0.39, 0.29) is 0 Å². The van der Waals surface area contributed by atoms with Crippen molar-refractivity contribution in [1.82, 2.24) is 24.2 Å². The third kappa shape index (κ3) is 5.68. The van der Waals surface area contributed by atoms with Gasteiger partial charge in [-0.05, 0) is 47.5 Å². The lowest BCUT2D eigenvalue weighted by Gasteiger charge is -2.10. The number of allylic oxidation sites excluding steroid dienone is 3. The summed E-state index contributed by atoms with van der Waals surface area (Å²) in [4.78, 5) is 15.0. The molecule has 3 heterocycles. The normalized spacial score (nSPS) is 12.0. The van der Waals surface area contributed by atoms with Crippen molar-refractivity contribution in [3.8, 4) is 39.6 Å². The smallest absolute Gasteiger partial charge is 0.165 e. The number of hydrogen-bond donors (Lipinski definition) is 0. The Hall–Kier alpha value is -7.70. The van der Waals surface area contributed by atoms with Gasteiger partial charge in [-0.3, -0.25) is 0 Å². The Morgan fingerprint density at radius 3 is 1.73 bits per heavy atom. The molecule has 10 aromatic rings. The third-order valence-corrected chi connectivity index (χ3v) is 10.2. The van der Waals surface area contributed by atoms with Crippen LogP contribution in [0.2, 0.25) is 0 Å². The molecule has 0 radical (unpaired) electrons. The second-order valence-electron chi connectivity index (χ2n) is 13.6. The van der Waals surface area contributed by atoms with Gasteiger partial charge in [0.1, 0.15) is 0 Å². The Morgan fingerprint density at radius 1 is 0.482 bits per heavy atom. The second kappa shape index (κ2) is 13.9. The average Bonchev–Trinajstić information content (AvgIpc) is 3.78. The van der Waals surface area contributed by atoms with Crippen molar-refractivity contribution in [2.45, 2.75) is 0 Å². The van der Waals surface area contributed by atoms with E-state index in [1.165, 1.54) is 10.8 Å². The maximum Gasteiger partial charge on any atom is 0.165 e. The Labute approximate surface area is 323 Å². The summed E-state index contributed by atoms with van der Waals surface area (Å²) in [5, 5.41) is 9.85. The second-order valence-corrected chi connectivity index (χ2v) is 13.6. The van der Waals surface area contributed by atoms with Gasteiger partial charge in [-0.15, -0.1) is 0 Å². The van der Waals surface area contributed by atoms with Crippen LogP contribution in [0.25, 0.3) is 88.8 Å². The van der Waals surface area contributed by atoms with E-state index < -0.39 is 0 Å². The molecular weight excluding hydrogens is 685 g/mol. The van der Waals surface area contributed by atoms with Crippen molar-refractivity contribution in [3.05, 3.63) is 200 Å². The van der Waals surface area contributed by atoms with Crippen LogP contribution in [0.5, 0.6) is 0 Å². The Morgan fingerprint density at radius 2 is 1.04 bits per heavy atom. The van der Waals surface area contributed by atoms with Gasteiger partial charge in [0, 0.05) is 43.9 Å². The van der Waals surface area contributed by atoms with Crippen LogP contribution in [0.15, 0.2) is 200 Å². The van der Waals surface area contributed by atoms with Crippen LogP contribution in [0.4, 0.5) is 0 Å². The van der Waals surface area contributed by atoms with E-state index in [9.17, 15) is 0 Å². The van der Waals surface area contributed by atoms with E-state index in [1.807, 2.05) is 65.5 Å². The summed E-state index contributed by atoms with van der Waals surface area (Å²) >= 11 is 0. The van der Waals surface area contributed by atoms with E-state index in [1.54, 1.807) is 6.08 Å². The first kappa shape index (κ1) is 32.9. The molecule has 0 spiro atoms. The van der Waals surface area contributed by atoms with E-state index in [4.69, 9.17) is 20.1 Å². The zero-order valence-electron chi connectivity index (χ0n) is 30.4. The molecule has 6 nitrogen and oxygen atoms in total. The Kier molecular flexibility index (Phi) is 8.19. The first-order valence-electron chi connectivity index (χ1n) is 18.6. The first-order valence-corrected chi connectivity index (χ1v) is 18.6. The lowest BCUT2D eigenvalue weighted by atomic mass is 10.0. The van der Waals surface area contributed by atoms with Crippen LogP contribution in [-0.2, 0) is 0 Å². The molecule has 0 saturated heterocycles. The molecule has 0 N–H and O–H groups in total. The van der Waals surface area contributed by atoms with Gasteiger partial charge in [-0.25, -0.2) is 19.6 Å². The largest absolute Gasteiger partial charge is 0.309 e. The number of nitrogens with zero attached hydrogens (tertiary/aromatic N) is 6. The number of rotatable bonds is 8. The monoisotopic (exact) mass is 718 g/mol. The van der Waals surface area contributed by atoms with Crippen molar-refractivity contribution >= 4 is 55.4 Å². The van der Waals surface area contributed by atoms with Gasteiger partial charge < -0.3 is 4.57 Å². The molecule has 7 aromatic carbocycles. The number of hydrogen-bond acceptors (Lipinski definition) is 4. The number of benzene rings is 7. The maximum atomic E-state index is 5.20. The molecule has 0 aliphatic rings. The predicted molar refractivity (Wildman–Crippen MR) is 232 cm³/mol. The lowest BCUT2D eigenvalue weighted by Crippen LogP contribution is -2.04. The van der Waals surface area contributed by atoms with Crippen LogP contribution in [0.3, 0.4) is 0 Å². The Bertz CT molecular complexity index is 3120. The quantitative estimate of drug-likeness (QED) is 0.116. The molecule has 0 atom stereocenters. The molecule has 0 bridgehead atoms. The highest BCUT2D eigenvalue weighted by Crippen LogP contribution is 2.41. The van der Waals surface area contributed by atoms with Crippen molar-refractivity contribution in [2.24, 2.45) is 5.10 Å². The van der Waals surface area contributed by atoms with Crippen LogP contribution in [0.1, 0.15) is 5.82 Å². The summed E-state index contributed by atoms with van der Waals surface area (Å²) in [7, 11) is 0. The zero-order chi connectivity index (χ0) is 37.4. The highest BCUT2D eigenvalue weighted by molar-refractivity contribution is 6.26. The summed E-state index contributed by atoms with van der Waals surface area (Å²) in [6.45, 7) is 4.05. The van der Waals surface area contributed by atoms with E-state index in [0.29, 0.717) is 23.0 Å². The fourth-order valence-corrected chi connectivity index (χ4v) is 7.67. The molecule has 0 aliphatic carbocycles. The third-order valence-electron chi connectivity index (χ3n) is 10.2.